The van der Waals surface area contributed by atoms with E-state index in [1.807, 2.05) is 12.1 Å². The third kappa shape index (κ3) is 2.78. The van der Waals surface area contributed by atoms with Crippen molar-refractivity contribution in [3.05, 3.63) is 36.2 Å². The lowest BCUT2D eigenvalue weighted by atomic mass is 9.97. The molecule has 0 bridgehead atoms. The van der Waals surface area contributed by atoms with Gasteiger partial charge in [0.15, 0.2) is 0 Å². The van der Waals surface area contributed by atoms with Crippen LogP contribution >= 0.6 is 0 Å². The standard InChI is InChI=1S/C14H18N6O/c15-9-14(6-1-2-7-14)17-13(21)11-4-3-5-12(8-11)20-10-16-18-19-20/h3-5,8,10H,1-2,6-7,9,15H2,(H,17,21). The van der Waals surface area contributed by atoms with E-state index in [1.54, 1.807) is 12.1 Å². The molecule has 0 spiro atoms. The summed E-state index contributed by atoms with van der Waals surface area (Å²) in [6.07, 6.45) is 5.61. The third-order valence-electron chi connectivity index (χ3n) is 4.05. The molecule has 1 saturated carbocycles. The topological polar surface area (TPSA) is 98.7 Å². The summed E-state index contributed by atoms with van der Waals surface area (Å²) >= 11 is 0. The molecule has 0 atom stereocenters. The van der Waals surface area contributed by atoms with Crippen molar-refractivity contribution in [2.45, 2.75) is 31.2 Å². The number of carbonyl (C=O) groups is 1. The molecule has 0 aliphatic heterocycles. The number of rotatable bonds is 4. The zero-order chi connectivity index (χ0) is 14.7. The van der Waals surface area contributed by atoms with Crippen LogP contribution in [0.25, 0.3) is 5.69 Å². The van der Waals surface area contributed by atoms with Crippen LogP contribution in [0.2, 0.25) is 0 Å². The quantitative estimate of drug-likeness (QED) is 0.860. The minimum Gasteiger partial charge on any atom is -0.345 e. The summed E-state index contributed by atoms with van der Waals surface area (Å²) in [7, 11) is 0. The Balaban J connectivity index is 1.80. The number of aromatic nitrogens is 4. The Labute approximate surface area is 122 Å². The van der Waals surface area contributed by atoms with Gasteiger partial charge in [-0.25, -0.2) is 4.68 Å². The number of benzene rings is 1. The van der Waals surface area contributed by atoms with Crippen molar-refractivity contribution in [2.24, 2.45) is 5.73 Å². The van der Waals surface area contributed by atoms with Gasteiger partial charge < -0.3 is 11.1 Å². The lowest BCUT2D eigenvalue weighted by Crippen LogP contribution is -2.51. The molecule has 1 fully saturated rings. The van der Waals surface area contributed by atoms with Crippen molar-refractivity contribution in [3.63, 3.8) is 0 Å². The van der Waals surface area contributed by atoms with E-state index >= 15 is 0 Å². The van der Waals surface area contributed by atoms with E-state index in [0.29, 0.717) is 12.1 Å². The van der Waals surface area contributed by atoms with E-state index in [2.05, 4.69) is 20.8 Å². The Hall–Kier alpha value is -2.28. The van der Waals surface area contributed by atoms with Crippen molar-refractivity contribution < 1.29 is 4.79 Å². The molecule has 3 N–H and O–H groups in total. The van der Waals surface area contributed by atoms with E-state index in [-0.39, 0.29) is 11.4 Å². The maximum atomic E-state index is 12.5. The van der Waals surface area contributed by atoms with E-state index in [9.17, 15) is 4.79 Å². The first-order valence-electron chi connectivity index (χ1n) is 7.08. The predicted octanol–water partition coefficient (Wildman–Crippen LogP) is 0.664. The molecule has 0 unspecified atom stereocenters. The number of tetrazole rings is 1. The first-order valence-corrected chi connectivity index (χ1v) is 7.08. The fraction of sp³-hybridized carbons (Fsp3) is 0.429. The SMILES string of the molecule is NCC1(NC(=O)c2cccc(-n3cnnn3)c2)CCCC1. The fourth-order valence-electron chi connectivity index (χ4n) is 2.81. The number of amides is 1. The van der Waals surface area contributed by atoms with Crippen LogP contribution in [0.15, 0.2) is 30.6 Å². The van der Waals surface area contributed by atoms with Gasteiger partial charge in [0.2, 0.25) is 0 Å². The molecule has 0 radical (unpaired) electrons. The molecule has 1 aromatic carbocycles. The molecule has 7 heteroatoms. The minimum atomic E-state index is -0.248. The van der Waals surface area contributed by atoms with E-state index in [4.69, 9.17) is 5.73 Å². The zero-order valence-electron chi connectivity index (χ0n) is 11.7. The second-order valence-corrected chi connectivity index (χ2v) is 5.45. The van der Waals surface area contributed by atoms with Gasteiger partial charge >= 0.3 is 0 Å². The average molecular weight is 286 g/mol. The molecular formula is C14H18N6O. The molecule has 1 heterocycles. The first kappa shape index (κ1) is 13.7. The second kappa shape index (κ2) is 5.61. The van der Waals surface area contributed by atoms with Crippen molar-refractivity contribution in [2.75, 3.05) is 6.54 Å². The van der Waals surface area contributed by atoms with Crippen LogP contribution in [0.1, 0.15) is 36.0 Å². The van der Waals surface area contributed by atoms with Gasteiger partial charge in [0.25, 0.3) is 5.91 Å². The largest absolute Gasteiger partial charge is 0.345 e. The third-order valence-corrected chi connectivity index (χ3v) is 4.05. The Bertz CT molecular complexity index is 618. The highest BCUT2D eigenvalue weighted by molar-refractivity contribution is 5.95. The molecule has 1 aliphatic rings. The summed E-state index contributed by atoms with van der Waals surface area (Å²) in [5.74, 6) is -0.0997. The van der Waals surface area contributed by atoms with Crippen molar-refractivity contribution in [1.29, 1.82) is 0 Å². The second-order valence-electron chi connectivity index (χ2n) is 5.45. The van der Waals surface area contributed by atoms with Gasteiger partial charge in [0.05, 0.1) is 11.2 Å². The number of nitrogens with two attached hydrogens (primary N) is 1. The van der Waals surface area contributed by atoms with Gasteiger partial charge in [-0.3, -0.25) is 4.79 Å². The summed E-state index contributed by atoms with van der Waals surface area (Å²) in [5, 5.41) is 14.1. The van der Waals surface area contributed by atoms with E-state index in [0.717, 1.165) is 31.4 Å². The Morgan fingerprint density at radius 3 is 2.86 bits per heavy atom. The van der Waals surface area contributed by atoms with Gasteiger partial charge in [-0.15, -0.1) is 5.10 Å². The van der Waals surface area contributed by atoms with Gasteiger partial charge in [-0.05, 0) is 41.5 Å². The predicted molar refractivity (Wildman–Crippen MR) is 76.9 cm³/mol. The highest BCUT2D eigenvalue weighted by Gasteiger charge is 2.34. The molecule has 1 aliphatic carbocycles. The summed E-state index contributed by atoms with van der Waals surface area (Å²) in [6.45, 7) is 0.478. The molecular weight excluding hydrogens is 268 g/mol. The van der Waals surface area contributed by atoms with Gasteiger partial charge in [-0.2, -0.15) is 0 Å². The number of carbonyl (C=O) groups excluding carboxylic acids is 1. The van der Waals surface area contributed by atoms with Gasteiger partial charge in [0.1, 0.15) is 6.33 Å². The zero-order valence-corrected chi connectivity index (χ0v) is 11.7. The molecule has 2 aromatic rings. The number of hydrogen-bond donors (Lipinski definition) is 2. The summed E-state index contributed by atoms with van der Waals surface area (Å²) in [4.78, 5) is 12.5. The van der Waals surface area contributed by atoms with E-state index in [1.165, 1.54) is 11.0 Å². The summed E-state index contributed by atoms with van der Waals surface area (Å²) < 4.78 is 1.52. The summed E-state index contributed by atoms with van der Waals surface area (Å²) in [6, 6.07) is 7.21. The van der Waals surface area contributed by atoms with Crippen LogP contribution in [0.3, 0.4) is 0 Å². The Morgan fingerprint density at radius 1 is 1.38 bits per heavy atom. The molecule has 1 amide bonds. The van der Waals surface area contributed by atoms with Crippen LogP contribution in [0, 0.1) is 0 Å². The van der Waals surface area contributed by atoms with Gasteiger partial charge in [-0.1, -0.05) is 18.9 Å². The summed E-state index contributed by atoms with van der Waals surface area (Å²) in [5.41, 5.74) is 6.95. The normalized spacial score (nSPS) is 16.8. The van der Waals surface area contributed by atoms with Crippen LogP contribution in [0.5, 0.6) is 0 Å². The lowest BCUT2D eigenvalue weighted by molar-refractivity contribution is 0.0903. The van der Waals surface area contributed by atoms with Crippen LogP contribution in [-0.4, -0.2) is 38.2 Å². The molecule has 1 aromatic heterocycles. The van der Waals surface area contributed by atoms with Crippen molar-refractivity contribution >= 4 is 5.91 Å². The lowest BCUT2D eigenvalue weighted by Gasteiger charge is -2.28. The molecule has 0 saturated heterocycles. The fourth-order valence-corrected chi connectivity index (χ4v) is 2.81. The average Bonchev–Trinajstić information content (AvgIpc) is 3.19. The van der Waals surface area contributed by atoms with Crippen LogP contribution < -0.4 is 11.1 Å². The number of hydrogen-bond acceptors (Lipinski definition) is 5. The molecule has 7 nitrogen and oxygen atoms in total. The number of nitrogens with one attached hydrogen (secondary N) is 1. The smallest absolute Gasteiger partial charge is 0.251 e. The molecule has 110 valence electrons. The van der Waals surface area contributed by atoms with Crippen molar-refractivity contribution in [1.82, 2.24) is 25.5 Å². The maximum absolute atomic E-state index is 12.5. The van der Waals surface area contributed by atoms with Gasteiger partial charge in [0, 0.05) is 12.1 Å². The van der Waals surface area contributed by atoms with Crippen LogP contribution in [-0.2, 0) is 0 Å². The minimum absolute atomic E-state index is 0.0997. The Morgan fingerprint density at radius 2 is 2.19 bits per heavy atom. The Kier molecular flexibility index (Phi) is 3.66. The monoisotopic (exact) mass is 286 g/mol. The molecule has 21 heavy (non-hydrogen) atoms. The van der Waals surface area contributed by atoms with E-state index < -0.39 is 0 Å². The maximum Gasteiger partial charge on any atom is 0.251 e. The number of nitrogens with zero attached hydrogens (tertiary/aromatic N) is 4. The first-order chi connectivity index (χ1) is 10.2. The highest BCUT2D eigenvalue weighted by Crippen LogP contribution is 2.29. The van der Waals surface area contributed by atoms with Crippen molar-refractivity contribution in [3.8, 4) is 5.69 Å². The highest BCUT2D eigenvalue weighted by atomic mass is 16.1. The molecule has 3 rings (SSSR count). The van der Waals surface area contributed by atoms with Crippen LogP contribution in [0.4, 0.5) is 0 Å².